The largest absolute Gasteiger partial charge is 0.484 e. The van der Waals surface area contributed by atoms with E-state index in [0.29, 0.717) is 11.5 Å². The van der Waals surface area contributed by atoms with E-state index in [1.807, 2.05) is 25.1 Å². The molecule has 1 aliphatic heterocycles. The molecule has 0 saturated carbocycles. The second-order valence-electron chi connectivity index (χ2n) is 4.45. The molecular formula is C14H17NO4S. The molecule has 1 aromatic carbocycles. The molecule has 6 heteroatoms. The van der Waals surface area contributed by atoms with Crippen LogP contribution in [-0.2, 0) is 9.59 Å². The lowest BCUT2D eigenvalue weighted by molar-refractivity contribution is -0.149. The minimum Gasteiger partial charge on any atom is -0.484 e. The van der Waals surface area contributed by atoms with E-state index in [-0.39, 0.29) is 17.9 Å². The Balaban J connectivity index is 2.00. The van der Waals surface area contributed by atoms with Crippen LogP contribution >= 0.6 is 11.8 Å². The summed E-state index contributed by atoms with van der Waals surface area (Å²) >= 11 is 1.51. The van der Waals surface area contributed by atoms with Gasteiger partial charge < -0.3 is 14.7 Å². The second kappa shape index (κ2) is 6.65. The summed E-state index contributed by atoms with van der Waals surface area (Å²) in [5.41, 5.74) is 0. The fourth-order valence-corrected chi connectivity index (χ4v) is 3.51. The zero-order valence-corrected chi connectivity index (χ0v) is 12.0. The van der Waals surface area contributed by atoms with Gasteiger partial charge in [-0.25, -0.2) is 4.79 Å². The van der Waals surface area contributed by atoms with Crippen LogP contribution in [0.1, 0.15) is 13.3 Å². The van der Waals surface area contributed by atoms with Crippen molar-refractivity contribution < 1.29 is 19.4 Å². The van der Waals surface area contributed by atoms with Crippen LogP contribution in [0.2, 0.25) is 0 Å². The Bertz CT molecular complexity index is 479. The summed E-state index contributed by atoms with van der Waals surface area (Å²) in [5, 5.41) is 9.10. The van der Waals surface area contributed by atoms with E-state index in [1.165, 1.54) is 16.7 Å². The molecule has 0 aromatic heterocycles. The van der Waals surface area contributed by atoms with E-state index >= 15 is 0 Å². The normalized spacial score (nSPS) is 21.8. The molecule has 1 N–H and O–H groups in total. The van der Waals surface area contributed by atoms with Crippen molar-refractivity contribution in [3.63, 3.8) is 0 Å². The first-order valence-corrected chi connectivity index (χ1v) is 7.51. The molecule has 1 heterocycles. The van der Waals surface area contributed by atoms with Gasteiger partial charge in [-0.05, 0) is 18.6 Å². The topological polar surface area (TPSA) is 66.8 Å². The summed E-state index contributed by atoms with van der Waals surface area (Å²) in [5.74, 6) is -0.197. The van der Waals surface area contributed by atoms with E-state index in [2.05, 4.69) is 0 Å². The van der Waals surface area contributed by atoms with Crippen molar-refractivity contribution in [3.05, 3.63) is 30.3 Å². The number of ether oxygens (including phenoxy) is 1. The summed E-state index contributed by atoms with van der Waals surface area (Å²) in [4.78, 5) is 24.9. The van der Waals surface area contributed by atoms with Crippen molar-refractivity contribution in [1.29, 1.82) is 0 Å². The van der Waals surface area contributed by atoms with Gasteiger partial charge in [0.25, 0.3) is 5.91 Å². The fourth-order valence-electron chi connectivity index (χ4n) is 2.14. The first-order chi connectivity index (χ1) is 9.63. The quantitative estimate of drug-likeness (QED) is 0.897. The van der Waals surface area contributed by atoms with Crippen LogP contribution < -0.4 is 4.74 Å². The van der Waals surface area contributed by atoms with Gasteiger partial charge in [0.15, 0.2) is 6.61 Å². The van der Waals surface area contributed by atoms with Crippen LogP contribution in [0.3, 0.4) is 0 Å². The number of carboxylic acid groups (broad SMARTS) is 1. The molecule has 20 heavy (non-hydrogen) atoms. The second-order valence-corrected chi connectivity index (χ2v) is 5.66. The predicted octanol–water partition coefficient (Wildman–Crippen LogP) is 1.83. The van der Waals surface area contributed by atoms with Crippen molar-refractivity contribution >= 4 is 23.6 Å². The summed E-state index contributed by atoms with van der Waals surface area (Å²) in [6.45, 7) is 1.81. The summed E-state index contributed by atoms with van der Waals surface area (Å²) < 4.78 is 5.41. The number of carbonyl (C=O) groups is 2. The Morgan fingerprint density at radius 3 is 2.70 bits per heavy atom. The van der Waals surface area contributed by atoms with Crippen LogP contribution in [0.4, 0.5) is 0 Å². The first-order valence-electron chi connectivity index (χ1n) is 6.47. The molecule has 1 saturated heterocycles. The number of carbonyl (C=O) groups excluding carboxylic acids is 1. The van der Waals surface area contributed by atoms with Crippen molar-refractivity contribution in [3.8, 4) is 5.75 Å². The highest BCUT2D eigenvalue weighted by atomic mass is 32.2. The van der Waals surface area contributed by atoms with Gasteiger partial charge in [0.1, 0.15) is 11.8 Å². The summed E-state index contributed by atoms with van der Waals surface area (Å²) in [6, 6.07) is 8.27. The standard InChI is InChI=1S/C14H17NO4S/c1-2-13-15(11(9-20-13)14(17)18)12(16)8-19-10-6-4-3-5-7-10/h3-7,11,13H,2,8-9H2,1H3,(H,17,18). The lowest BCUT2D eigenvalue weighted by Crippen LogP contribution is -2.47. The van der Waals surface area contributed by atoms with Crippen molar-refractivity contribution in [2.75, 3.05) is 12.4 Å². The van der Waals surface area contributed by atoms with Gasteiger partial charge in [0.05, 0.1) is 5.37 Å². The summed E-state index contributed by atoms with van der Waals surface area (Å²) in [7, 11) is 0. The zero-order valence-electron chi connectivity index (χ0n) is 11.2. The van der Waals surface area contributed by atoms with E-state index in [1.54, 1.807) is 12.1 Å². The minimum absolute atomic E-state index is 0.0806. The number of thioether (sulfide) groups is 1. The zero-order chi connectivity index (χ0) is 14.5. The van der Waals surface area contributed by atoms with Crippen LogP contribution in [0.15, 0.2) is 30.3 Å². The van der Waals surface area contributed by atoms with Crippen molar-refractivity contribution in [1.82, 2.24) is 4.90 Å². The van der Waals surface area contributed by atoms with Gasteiger partial charge in [-0.3, -0.25) is 4.79 Å². The number of aliphatic carboxylic acids is 1. The third-order valence-electron chi connectivity index (χ3n) is 3.12. The molecular weight excluding hydrogens is 278 g/mol. The lowest BCUT2D eigenvalue weighted by Gasteiger charge is -2.26. The third-order valence-corrected chi connectivity index (χ3v) is 4.57. The number of amides is 1. The van der Waals surface area contributed by atoms with Gasteiger partial charge in [0.2, 0.25) is 0 Å². The highest BCUT2D eigenvalue weighted by Gasteiger charge is 2.40. The third kappa shape index (κ3) is 3.25. The Kier molecular flexibility index (Phi) is 4.89. The number of hydrogen-bond acceptors (Lipinski definition) is 4. The smallest absolute Gasteiger partial charge is 0.327 e. The maximum atomic E-state index is 12.2. The maximum absolute atomic E-state index is 12.2. The van der Waals surface area contributed by atoms with Crippen LogP contribution in [0.25, 0.3) is 0 Å². The minimum atomic E-state index is -0.957. The molecule has 5 nitrogen and oxygen atoms in total. The number of nitrogens with zero attached hydrogens (tertiary/aromatic N) is 1. The Morgan fingerprint density at radius 2 is 2.10 bits per heavy atom. The highest BCUT2D eigenvalue weighted by Crippen LogP contribution is 2.31. The molecule has 2 unspecified atom stereocenters. The average Bonchev–Trinajstić information content (AvgIpc) is 2.90. The van der Waals surface area contributed by atoms with Crippen molar-refractivity contribution in [2.24, 2.45) is 0 Å². The van der Waals surface area contributed by atoms with Gasteiger partial charge in [-0.1, -0.05) is 25.1 Å². The molecule has 1 fully saturated rings. The van der Waals surface area contributed by atoms with Gasteiger partial charge in [-0.15, -0.1) is 11.8 Å². The van der Waals surface area contributed by atoms with Crippen LogP contribution in [-0.4, -0.2) is 45.7 Å². The number of para-hydroxylation sites is 1. The van der Waals surface area contributed by atoms with E-state index in [9.17, 15) is 14.7 Å². The average molecular weight is 295 g/mol. The molecule has 1 aromatic rings. The molecule has 1 amide bonds. The number of hydrogen-bond donors (Lipinski definition) is 1. The van der Waals surface area contributed by atoms with E-state index in [4.69, 9.17) is 4.74 Å². The van der Waals surface area contributed by atoms with Gasteiger partial charge >= 0.3 is 5.97 Å². The molecule has 2 atom stereocenters. The SMILES string of the molecule is CCC1SCC(C(=O)O)N1C(=O)COc1ccccc1. The molecule has 0 aliphatic carbocycles. The Hall–Kier alpha value is -1.69. The van der Waals surface area contributed by atoms with Crippen LogP contribution in [0.5, 0.6) is 5.75 Å². The van der Waals surface area contributed by atoms with Crippen LogP contribution in [0, 0.1) is 0 Å². The molecule has 0 spiro atoms. The molecule has 0 bridgehead atoms. The van der Waals surface area contributed by atoms with Crippen molar-refractivity contribution in [2.45, 2.75) is 24.8 Å². The molecule has 0 radical (unpaired) electrons. The number of carboxylic acids is 1. The lowest BCUT2D eigenvalue weighted by atomic mass is 10.2. The Morgan fingerprint density at radius 1 is 1.40 bits per heavy atom. The van der Waals surface area contributed by atoms with E-state index in [0.717, 1.165) is 6.42 Å². The Labute approximate surface area is 121 Å². The first kappa shape index (κ1) is 14.7. The van der Waals surface area contributed by atoms with Gasteiger partial charge in [0, 0.05) is 5.75 Å². The molecule has 108 valence electrons. The van der Waals surface area contributed by atoms with Gasteiger partial charge in [-0.2, -0.15) is 0 Å². The maximum Gasteiger partial charge on any atom is 0.327 e. The highest BCUT2D eigenvalue weighted by molar-refractivity contribution is 8.00. The van der Waals surface area contributed by atoms with E-state index < -0.39 is 12.0 Å². The fraction of sp³-hybridized carbons (Fsp3) is 0.429. The molecule has 1 aliphatic rings. The predicted molar refractivity (Wildman–Crippen MR) is 76.7 cm³/mol. The summed E-state index contributed by atoms with van der Waals surface area (Å²) in [6.07, 6.45) is 0.728. The monoisotopic (exact) mass is 295 g/mol. The number of rotatable bonds is 5. The number of benzene rings is 1. The molecule has 2 rings (SSSR count).